The van der Waals surface area contributed by atoms with Crippen LogP contribution < -0.4 is 0 Å². The zero-order valence-corrected chi connectivity index (χ0v) is 21.8. The van der Waals surface area contributed by atoms with Gasteiger partial charge in [0.05, 0.1) is 11.0 Å². The quantitative estimate of drug-likeness (QED) is 0.237. The van der Waals surface area contributed by atoms with Crippen LogP contribution in [0.2, 0.25) is 0 Å². The molecule has 0 amide bonds. The normalized spacial score (nSPS) is 12.1. The van der Waals surface area contributed by atoms with E-state index in [0.29, 0.717) is 0 Å². The summed E-state index contributed by atoms with van der Waals surface area (Å²) in [6, 6.07) is 46.4. The summed E-state index contributed by atoms with van der Waals surface area (Å²) in [5, 5.41) is 7.79. The molecule has 182 valence electrons. The zero-order chi connectivity index (χ0) is 25.5. The third-order valence-corrected chi connectivity index (χ3v) is 9.22. The summed E-state index contributed by atoms with van der Waals surface area (Å²) in [5.74, 6) is 0. The Morgan fingerprint density at radius 3 is 2.10 bits per heavy atom. The Hall–Kier alpha value is -4.86. The first-order valence-corrected chi connectivity index (χ1v) is 14.1. The van der Waals surface area contributed by atoms with Gasteiger partial charge in [-0.2, -0.15) is 0 Å². The molecule has 0 aliphatic carbocycles. The zero-order valence-electron chi connectivity index (χ0n) is 21.0. The second-order valence-corrected chi connectivity index (χ2v) is 11.4. The standard InChI is InChI=1S/C36H22N2S/c1-2-9-22(10-3-1)23-11-8-12-24(17-23)38-33-16-7-5-14-26(33)28-18-29-30-19-32-27(25-13-4-6-15-31(25)37-32)20-35(30)39-36(29)21-34(28)38/h1-21,37H. The Kier molecular flexibility index (Phi) is 4.24. The van der Waals surface area contributed by atoms with Gasteiger partial charge in [-0.15, -0.1) is 11.3 Å². The highest BCUT2D eigenvalue weighted by molar-refractivity contribution is 7.26. The number of hydrogen-bond acceptors (Lipinski definition) is 1. The molecule has 0 aliphatic heterocycles. The number of H-pyrrole nitrogens is 1. The largest absolute Gasteiger partial charge is 0.354 e. The highest BCUT2D eigenvalue weighted by atomic mass is 32.1. The van der Waals surface area contributed by atoms with E-state index in [1.807, 2.05) is 11.3 Å². The van der Waals surface area contributed by atoms with E-state index in [4.69, 9.17) is 0 Å². The minimum atomic E-state index is 1.18. The van der Waals surface area contributed by atoms with Crippen molar-refractivity contribution in [1.29, 1.82) is 0 Å². The Morgan fingerprint density at radius 2 is 1.18 bits per heavy atom. The third kappa shape index (κ3) is 3.02. The monoisotopic (exact) mass is 514 g/mol. The van der Waals surface area contributed by atoms with Gasteiger partial charge in [0, 0.05) is 58.4 Å². The van der Waals surface area contributed by atoms with Crippen molar-refractivity contribution in [1.82, 2.24) is 9.55 Å². The van der Waals surface area contributed by atoms with Crippen LogP contribution in [0.1, 0.15) is 0 Å². The average molecular weight is 515 g/mol. The first-order valence-electron chi connectivity index (χ1n) is 13.3. The third-order valence-electron chi connectivity index (χ3n) is 8.10. The second kappa shape index (κ2) is 7.83. The summed E-state index contributed by atoms with van der Waals surface area (Å²) in [5.41, 5.74) is 8.51. The highest BCUT2D eigenvalue weighted by Crippen LogP contribution is 2.42. The van der Waals surface area contributed by atoms with E-state index in [9.17, 15) is 0 Å². The molecule has 0 atom stereocenters. The van der Waals surface area contributed by atoms with Crippen LogP contribution in [0.4, 0.5) is 0 Å². The maximum atomic E-state index is 3.64. The molecule has 0 saturated carbocycles. The SMILES string of the molecule is c1ccc(-c2cccc(-n3c4ccccc4c4cc5c(cc43)sc3cc4c(cc35)[nH]c3ccccc34)c2)cc1. The first-order chi connectivity index (χ1) is 19.3. The number of benzene rings is 6. The fourth-order valence-corrected chi connectivity index (χ4v) is 7.46. The summed E-state index contributed by atoms with van der Waals surface area (Å²) in [6.45, 7) is 0. The predicted octanol–water partition coefficient (Wildman–Crippen LogP) is 10.5. The Balaban J connectivity index is 1.34. The molecule has 0 fully saturated rings. The van der Waals surface area contributed by atoms with Crippen molar-refractivity contribution < 1.29 is 0 Å². The molecule has 0 saturated heterocycles. The van der Waals surface area contributed by atoms with Crippen LogP contribution in [-0.2, 0) is 0 Å². The summed E-state index contributed by atoms with van der Waals surface area (Å²) < 4.78 is 5.08. The van der Waals surface area contributed by atoms with E-state index in [1.165, 1.54) is 80.6 Å². The van der Waals surface area contributed by atoms with Crippen LogP contribution in [0.15, 0.2) is 127 Å². The van der Waals surface area contributed by atoms with E-state index in [0.717, 1.165) is 0 Å². The molecule has 6 aromatic carbocycles. The molecule has 0 radical (unpaired) electrons. The number of fused-ring (bicyclic) bond motifs is 9. The Morgan fingerprint density at radius 1 is 0.436 bits per heavy atom. The van der Waals surface area contributed by atoms with Crippen molar-refractivity contribution in [2.45, 2.75) is 0 Å². The molecule has 0 spiro atoms. The minimum Gasteiger partial charge on any atom is -0.354 e. The number of nitrogens with zero attached hydrogens (tertiary/aromatic N) is 1. The summed E-state index contributed by atoms with van der Waals surface area (Å²) in [7, 11) is 0. The number of thiophene rings is 1. The Bertz CT molecular complexity index is 2390. The maximum absolute atomic E-state index is 3.64. The molecule has 3 heterocycles. The van der Waals surface area contributed by atoms with Gasteiger partial charge in [0.15, 0.2) is 0 Å². The summed E-state index contributed by atoms with van der Waals surface area (Å²) >= 11 is 1.89. The van der Waals surface area contributed by atoms with Gasteiger partial charge in [-0.25, -0.2) is 0 Å². The van der Waals surface area contributed by atoms with Gasteiger partial charge in [-0.3, -0.25) is 0 Å². The van der Waals surface area contributed by atoms with Crippen molar-refractivity contribution in [2.24, 2.45) is 0 Å². The number of nitrogens with one attached hydrogen (secondary N) is 1. The van der Waals surface area contributed by atoms with Crippen molar-refractivity contribution in [2.75, 3.05) is 0 Å². The van der Waals surface area contributed by atoms with Crippen molar-refractivity contribution in [3.05, 3.63) is 127 Å². The molecule has 0 bridgehead atoms. The fraction of sp³-hybridized carbons (Fsp3) is 0. The number of hydrogen-bond donors (Lipinski definition) is 1. The fourth-order valence-electron chi connectivity index (χ4n) is 6.32. The number of para-hydroxylation sites is 2. The van der Waals surface area contributed by atoms with Crippen LogP contribution in [0, 0.1) is 0 Å². The molecular formula is C36H22N2S. The number of rotatable bonds is 2. The van der Waals surface area contributed by atoms with Crippen LogP contribution in [0.3, 0.4) is 0 Å². The number of aromatic amines is 1. The van der Waals surface area contributed by atoms with Crippen molar-refractivity contribution in [3.63, 3.8) is 0 Å². The summed E-state index contributed by atoms with van der Waals surface area (Å²) in [6.07, 6.45) is 0. The molecule has 0 unspecified atom stereocenters. The van der Waals surface area contributed by atoms with E-state index >= 15 is 0 Å². The molecule has 9 rings (SSSR count). The van der Waals surface area contributed by atoms with Gasteiger partial charge < -0.3 is 9.55 Å². The van der Waals surface area contributed by atoms with Gasteiger partial charge in [-0.05, 0) is 59.7 Å². The van der Waals surface area contributed by atoms with Gasteiger partial charge in [0.25, 0.3) is 0 Å². The predicted molar refractivity (Wildman–Crippen MR) is 168 cm³/mol. The second-order valence-electron chi connectivity index (χ2n) is 10.3. The number of aromatic nitrogens is 2. The van der Waals surface area contributed by atoms with Crippen LogP contribution in [0.5, 0.6) is 0 Å². The topological polar surface area (TPSA) is 20.7 Å². The molecule has 1 N–H and O–H groups in total. The molecule has 3 aromatic heterocycles. The smallest absolute Gasteiger partial charge is 0.0555 e. The van der Waals surface area contributed by atoms with Crippen molar-refractivity contribution >= 4 is 75.1 Å². The first kappa shape index (κ1) is 21.1. The van der Waals surface area contributed by atoms with Crippen molar-refractivity contribution in [3.8, 4) is 16.8 Å². The van der Waals surface area contributed by atoms with Crippen LogP contribution >= 0.6 is 11.3 Å². The van der Waals surface area contributed by atoms with Gasteiger partial charge in [0.1, 0.15) is 0 Å². The Labute approximate surface area is 228 Å². The van der Waals surface area contributed by atoms with E-state index in [1.54, 1.807) is 0 Å². The molecular weight excluding hydrogens is 492 g/mol. The molecule has 3 heteroatoms. The van der Waals surface area contributed by atoms with Crippen LogP contribution in [0.25, 0.3) is 80.6 Å². The van der Waals surface area contributed by atoms with Gasteiger partial charge in [0.2, 0.25) is 0 Å². The van der Waals surface area contributed by atoms with E-state index in [-0.39, 0.29) is 0 Å². The molecule has 39 heavy (non-hydrogen) atoms. The van der Waals surface area contributed by atoms with Crippen LogP contribution in [-0.4, -0.2) is 9.55 Å². The molecule has 0 aliphatic rings. The lowest BCUT2D eigenvalue weighted by Gasteiger charge is -2.10. The van der Waals surface area contributed by atoms with E-state index in [2.05, 4.69) is 137 Å². The van der Waals surface area contributed by atoms with Gasteiger partial charge >= 0.3 is 0 Å². The van der Waals surface area contributed by atoms with E-state index < -0.39 is 0 Å². The summed E-state index contributed by atoms with van der Waals surface area (Å²) in [4.78, 5) is 3.64. The van der Waals surface area contributed by atoms with Gasteiger partial charge in [-0.1, -0.05) is 78.9 Å². The lowest BCUT2D eigenvalue weighted by Crippen LogP contribution is -1.94. The highest BCUT2D eigenvalue weighted by Gasteiger charge is 2.17. The lowest BCUT2D eigenvalue weighted by atomic mass is 10.1. The molecule has 2 nitrogen and oxygen atoms in total. The average Bonchev–Trinajstić information content (AvgIpc) is 3.64. The maximum Gasteiger partial charge on any atom is 0.0555 e. The molecule has 9 aromatic rings. The lowest BCUT2D eigenvalue weighted by molar-refractivity contribution is 1.18. The minimum absolute atomic E-state index is 1.18.